The first kappa shape index (κ1) is 11.9. The van der Waals surface area contributed by atoms with Crippen LogP contribution in [0.25, 0.3) is 0 Å². The quantitative estimate of drug-likeness (QED) is 0.865. The normalized spacial score (nSPS) is 21.5. The number of hydrogen-bond donors (Lipinski definition) is 1. The molecule has 1 fully saturated rings. The molecule has 16 heavy (non-hydrogen) atoms. The van der Waals surface area contributed by atoms with E-state index in [0.717, 1.165) is 18.0 Å². The lowest BCUT2D eigenvalue weighted by Crippen LogP contribution is -2.32. The molecule has 2 rings (SSSR count). The molecule has 0 bridgehead atoms. The van der Waals surface area contributed by atoms with E-state index in [2.05, 4.69) is 29.4 Å². The summed E-state index contributed by atoms with van der Waals surface area (Å²) in [5.41, 5.74) is 1.35. The number of nitrogens with one attached hydrogen (secondary N) is 1. The molecule has 0 radical (unpaired) electrons. The second-order valence-electron chi connectivity index (χ2n) is 4.58. The molecule has 0 amide bonds. The molecule has 0 aliphatic carbocycles. The highest BCUT2D eigenvalue weighted by molar-refractivity contribution is 6.30. The second kappa shape index (κ2) is 5.67. The Labute approximate surface area is 103 Å². The van der Waals surface area contributed by atoms with Crippen molar-refractivity contribution < 1.29 is 0 Å². The third kappa shape index (κ3) is 3.48. The third-order valence-corrected chi connectivity index (χ3v) is 3.40. The van der Waals surface area contributed by atoms with Crippen molar-refractivity contribution in [3.8, 4) is 0 Å². The zero-order valence-corrected chi connectivity index (χ0v) is 10.5. The molecule has 1 heterocycles. The minimum absolute atomic E-state index is 0.678. The van der Waals surface area contributed by atoms with Gasteiger partial charge in [-0.2, -0.15) is 0 Å². The first-order valence-corrected chi connectivity index (χ1v) is 6.28. The van der Waals surface area contributed by atoms with Crippen molar-refractivity contribution in [3.63, 3.8) is 0 Å². The van der Waals surface area contributed by atoms with E-state index in [1.807, 2.05) is 12.1 Å². The van der Waals surface area contributed by atoms with Gasteiger partial charge in [0.2, 0.25) is 0 Å². The maximum absolute atomic E-state index is 5.84. The number of halogens is 1. The van der Waals surface area contributed by atoms with Crippen molar-refractivity contribution >= 4 is 11.6 Å². The summed E-state index contributed by atoms with van der Waals surface area (Å²) in [6.07, 6.45) is 2.36. The SMILES string of the molecule is CN1CCC(NCCc2ccc(Cl)cc2)C1. The van der Waals surface area contributed by atoms with Crippen molar-refractivity contribution in [2.75, 3.05) is 26.7 Å². The molecule has 1 aliphatic heterocycles. The second-order valence-corrected chi connectivity index (χ2v) is 5.01. The third-order valence-electron chi connectivity index (χ3n) is 3.15. The van der Waals surface area contributed by atoms with Crippen molar-refractivity contribution in [1.29, 1.82) is 0 Å². The fraction of sp³-hybridized carbons (Fsp3) is 0.538. The van der Waals surface area contributed by atoms with Gasteiger partial charge in [0.15, 0.2) is 0 Å². The zero-order valence-electron chi connectivity index (χ0n) is 9.75. The highest BCUT2D eigenvalue weighted by atomic mass is 35.5. The summed E-state index contributed by atoms with van der Waals surface area (Å²) < 4.78 is 0. The van der Waals surface area contributed by atoms with E-state index < -0.39 is 0 Å². The minimum atomic E-state index is 0.678. The van der Waals surface area contributed by atoms with Gasteiger partial charge in [-0.1, -0.05) is 23.7 Å². The van der Waals surface area contributed by atoms with Crippen LogP contribution in [0.3, 0.4) is 0 Å². The van der Waals surface area contributed by atoms with Crippen LogP contribution in [-0.4, -0.2) is 37.6 Å². The van der Waals surface area contributed by atoms with Crippen LogP contribution >= 0.6 is 11.6 Å². The molecule has 1 saturated heterocycles. The Morgan fingerprint density at radius 1 is 1.38 bits per heavy atom. The van der Waals surface area contributed by atoms with Crippen molar-refractivity contribution in [2.24, 2.45) is 0 Å². The first-order valence-electron chi connectivity index (χ1n) is 5.90. The summed E-state index contributed by atoms with van der Waals surface area (Å²) in [7, 11) is 2.18. The summed E-state index contributed by atoms with van der Waals surface area (Å²) in [4.78, 5) is 2.37. The van der Waals surface area contributed by atoms with Gasteiger partial charge in [-0.05, 0) is 50.7 Å². The van der Waals surface area contributed by atoms with Gasteiger partial charge >= 0.3 is 0 Å². The van der Waals surface area contributed by atoms with E-state index in [1.165, 1.54) is 25.1 Å². The smallest absolute Gasteiger partial charge is 0.0406 e. The maximum Gasteiger partial charge on any atom is 0.0406 e. The molecule has 3 heteroatoms. The van der Waals surface area contributed by atoms with Crippen LogP contribution in [0.2, 0.25) is 5.02 Å². The molecule has 1 aromatic rings. The highest BCUT2D eigenvalue weighted by Gasteiger charge is 2.17. The van der Waals surface area contributed by atoms with E-state index in [-0.39, 0.29) is 0 Å². The van der Waals surface area contributed by atoms with E-state index in [0.29, 0.717) is 6.04 Å². The molecular weight excluding hydrogens is 220 g/mol. The lowest BCUT2D eigenvalue weighted by Gasteiger charge is -2.12. The average Bonchev–Trinajstić information content (AvgIpc) is 2.67. The number of nitrogens with zero attached hydrogens (tertiary/aromatic N) is 1. The van der Waals surface area contributed by atoms with Crippen LogP contribution < -0.4 is 5.32 Å². The van der Waals surface area contributed by atoms with Gasteiger partial charge in [0.25, 0.3) is 0 Å². The number of likely N-dealkylation sites (tertiary alicyclic amines) is 1. The number of benzene rings is 1. The lowest BCUT2D eigenvalue weighted by atomic mass is 10.1. The Kier molecular flexibility index (Phi) is 4.22. The van der Waals surface area contributed by atoms with E-state index in [9.17, 15) is 0 Å². The van der Waals surface area contributed by atoms with Gasteiger partial charge in [0, 0.05) is 17.6 Å². The summed E-state index contributed by atoms with van der Waals surface area (Å²) in [6.45, 7) is 3.46. The van der Waals surface area contributed by atoms with Gasteiger partial charge in [-0.25, -0.2) is 0 Å². The number of hydrogen-bond acceptors (Lipinski definition) is 2. The molecule has 0 aromatic heterocycles. The molecule has 1 unspecified atom stereocenters. The standard InChI is InChI=1S/C13H19ClN2/c1-16-9-7-13(10-16)15-8-6-11-2-4-12(14)5-3-11/h2-5,13,15H,6-10H2,1H3. The fourth-order valence-corrected chi connectivity index (χ4v) is 2.30. The lowest BCUT2D eigenvalue weighted by molar-refractivity contribution is 0.398. The summed E-state index contributed by atoms with van der Waals surface area (Å²) in [5, 5.41) is 4.41. The van der Waals surface area contributed by atoms with Crippen LogP contribution in [0.5, 0.6) is 0 Å². The van der Waals surface area contributed by atoms with Gasteiger partial charge in [0.1, 0.15) is 0 Å². The van der Waals surface area contributed by atoms with Crippen LogP contribution in [-0.2, 0) is 6.42 Å². The summed E-state index contributed by atoms with van der Waals surface area (Å²) in [6, 6.07) is 8.80. The summed E-state index contributed by atoms with van der Waals surface area (Å²) in [5.74, 6) is 0. The summed E-state index contributed by atoms with van der Waals surface area (Å²) >= 11 is 5.84. The Morgan fingerprint density at radius 3 is 2.75 bits per heavy atom. The van der Waals surface area contributed by atoms with Crippen LogP contribution in [0.15, 0.2) is 24.3 Å². The van der Waals surface area contributed by atoms with Gasteiger partial charge in [-0.15, -0.1) is 0 Å². The predicted octanol–water partition coefficient (Wildman–Crippen LogP) is 2.18. The zero-order chi connectivity index (χ0) is 11.4. The fourth-order valence-electron chi connectivity index (χ4n) is 2.17. The molecule has 0 saturated carbocycles. The molecule has 2 nitrogen and oxygen atoms in total. The molecule has 88 valence electrons. The monoisotopic (exact) mass is 238 g/mol. The van der Waals surface area contributed by atoms with Gasteiger partial charge in [0.05, 0.1) is 0 Å². The van der Waals surface area contributed by atoms with Crippen molar-refractivity contribution in [2.45, 2.75) is 18.9 Å². The topological polar surface area (TPSA) is 15.3 Å². The Morgan fingerprint density at radius 2 is 2.12 bits per heavy atom. The average molecular weight is 239 g/mol. The Balaban J connectivity index is 1.70. The Hall–Kier alpha value is -0.570. The molecule has 1 N–H and O–H groups in total. The largest absolute Gasteiger partial charge is 0.312 e. The Bertz CT molecular complexity index is 323. The van der Waals surface area contributed by atoms with E-state index in [4.69, 9.17) is 11.6 Å². The number of rotatable bonds is 4. The van der Waals surface area contributed by atoms with Gasteiger partial charge in [-0.3, -0.25) is 0 Å². The first-order chi connectivity index (χ1) is 7.74. The molecule has 1 aliphatic rings. The molecule has 1 atom stereocenters. The predicted molar refractivity (Wildman–Crippen MR) is 69.1 cm³/mol. The van der Waals surface area contributed by atoms with Crippen LogP contribution in [0.4, 0.5) is 0 Å². The highest BCUT2D eigenvalue weighted by Crippen LogP contribution is 2.10. The molecule has 1 aromatic carbocycles. The van der Waals surface area contributed by atoms with Crippen molar-refractivity contribution in [1.82, 2.24) is 10.2 Å². The molecular formula is C13H19ClN2. The van der Waals surface area contributed by atoms with Gasteiger partial charge < -0.3 is 10.2 Å². The van der Waals surface area contributed by atoms with Crippen molar-refractivity contribution in [3.05, 3.63) is 34.9 Å². The minimum Gasteiger partial charge on any atom is -0.312 e. The number of likely N-dealkylation sites (N-methyl/N-ethyl adjacent to an activating group) is 1. The van der Waals surface area contributed by atoms with Crippen LogP contribution in [0.1, 0.15) is 12.0 Å². The molecule has 0 spiro atoms. The van der Waals surface area contributed by atoms with E-state index in [1.54, 1.807) is 0 Å². The van der Waals surface area contributed by atoms with Crippen LogP contribution in [0, 0.1) is 0 Å². The maximum atomic E-state index is 5.84. The van der Waals surface area contributed by atoms with E-state index >= 15 is 0 Å².